The van der Waals surface area contributed by atoms with Crippen molar-refractivity contribution in [3.63, 3.8) is 0 Å². The second-order valence-electron chi connectivity index (χ2n) is 5.65. The molecule has 2 rings (SSSR count). The third-order valence-electron chi connectivity index (χ3n) is 3.50. The Balaban J connectivity index is 1.68. The first kappa shape index (κ1) is 21.0. The van der Waals surface area contributed by atoms with Gasteiger partial charge in [0.15, 0.2) is 6.61 Å². The number of hydrogen-bond acceptors (Lipinski definition) is 5. The molecular formula is C18H18BrClN2O5. The van der Waals surface area contributed by atoms with Crippen molar-refractivity contribution in [3.05, 3.63) is 51.3 Å². The normalized spacial score (nSPS) is 10.3. The molecule has 2 N–H and O–H groups in total. The summed E-state index contributed by atoms with van der Waals surface area (Å²) in [5.74, 6) is -0.824. The van der Waals surface area contributed by atoms with E-state index in [1.807, 2.05) is 6.92 Å². The van der Waals surface area contributed by atoms with Crippen LogP contribution in [0.3, 0.4) is 0 Å². The number of rotatable bonds is 8. The zero-order chi connectivity index (χ0) is 19.8. The number of benzene rings is 1. The molecule has 2 amide bonds. The standard InChI is InChI=1S/C18H18BrClN2O5/c1-11-7-13(19)14(20)8-15(11)22-17(24)10-27-18(25)5-4-16(23)21-9-12-3-2-6-26-12/h2-3,6-8H,4-5,9-10H2,1H3,(H,21,23)(H,22,24). The van der Waals surface area contributed by atoms with Gasteiger partial charge in [0, 0.05) is 16.6 Å². The molecule has 0 radical (unpaired) electrons. The van der Waals surface area contributed by atoms with Crippen molar-refractivity contribution in [2.24, 2.45) is 0 Å². The fourth-order valence-electron chi connectivity index (χ4n) is 2.09. The number of carbonyl (C=O) groups excluding carboxylic acids is 3. The summed E-state index contributed by atoms with van der Waals surface area (Å²) in [6, 6.07) is 6.82. The number of anilines is 1. The molecule has 1 aromatic carbocycles. The van der Waals surface area contributed by atoms with Crippen LogP contribution in [0.25, 0.3) is 0 Å². The summed E-state index contributed by atoms with van der Waals surface area (Å²) in [6.45, 7) is 1.61. The lowest BCUT2D eigenvalue weighted by atomic mass is 10.2. The Morgan fingerprint density at radius 3 is 2.70 bits per heavy atom. The Labute approximate surface area is 169 Å². The molecule has 0 spiro atoms. The zero-order valence-corrected chi connectivity index (χ0v) is 16.9. The van der Waals surface area contributed by atoms with Crippen LogP contribution in [-0.2, 0) is 25.7 Å². The molecule has 1 heterocycles. The highest BCUT2D eigenvalue weighted by molar-refractivity contribution is 9.10. The molecule has 0 fully saturated rings. The Bertz CT molecular complexity index is 823. The Morgan fingerprint density at radius 1 is 1.22 bits per heavy atom. The Morgan fingerprint density at radius 2 is 2.00 bits per heavy atom. The first-order chi connectivity index (χ1) is 12.8. The molecule has 144 valence electrons. The largest absolute Gasteiger partial charge is 0.467 e. The van der Waals surface area contributed by atoms with Gasteiger partial charge in [-0.3, -0.25) is 14.4 Å². The van der Waals surface area contributed by atoms with Crippen LogP contribution in [0.4, 0.5) is 5.69 Å². The number of esters is 1. The van der Waals surface area contributed by atoms with E-state index in [0.29, 0.717) is 16.5 Å². The third-order valence-corrected chi connectivity index (χ3v) is 4.70. The quantitative estimate of drug-likeness (QED) is 0.591. The highest BCUT2D eigenvalue weighted by atomic mass is 79.9. The first-order valence-electron chi connectivity index (χ1n) is 8.05. The summed E-state index contributed by atoms with van der Waals surface area (Å²) in [6.07, 6.45) is 1.34. The molecule has 0 saturated carbocycles. The van der Waals surface area contributed by atoms with Crippen molar-refractivity contribution >= 4 is 51.0 Å². The number of carbonyl (C=O) groups is 3. The van der Waals surface area contributed by atoms with E-state index in [-0.39, 0.29) is 25.3 Å². The summed E-state index contributed by atoms with van der Waals surface area (Å²) in [4.78, 5) is 35.2. The van der Waals surface area contributed by atoms with Gasteiger partial charge in [-0.05, 0) is 52.7 Å². The van der Waals surface area contributed by atoms with Gasteiger partial charge >= 0.3 is 5.97 Å². The van der Waals surface area contributed by atoms with Crippen molar-refractivity contribution in [1.82, 2.24) is 5.32 Å². The van der Waals surface area contributed by atoms with Gasteiger partial charge in [-0.25, -0.2) is 0 Å². The van der Waals surface area contributed by atoms with Gasteiger partial charge in [-0.2, -0.15) is 0 Å². The van der Waals surface area contributed by atoms with Crippen LogP contribution in [-0.4, -0.2) is 24.4 Å². The maximum Gasteiger partial charge on any atom is 0.306 e. The van der Waals surface area contributed by atoms with Crippen LogP contribution in [0.1, 0.15) is 24.2 Å². The monoisotopic (exact) mass is 456 g/mol. The van der Waals surface area contributed by atoms with Gasteiger partial charge in [0.2, 0.25) is 5.91 Å². The fourth-order valence-corrected chi connectivity index (χ4v) is 2.71. The van der Waals surface area contributed by atoms with Crippen LogP contribution >= 0.6 is 27.5 Å². The van der Waals surface area contributed by atoms with E-state index < -0.39 is 18.5 Å². The van der Waals surface area contributed by atoms with E-state index in [4.69, 9.17) is 20.8 Å². The minimum absolute atomic E-state index is 0.0391. The molecule has 1 aromatic heterocycles. The van der Waals surface area contributed by atoms with E-state index in [1.54, 1.807) is 24.3 Å². The van der Waals surface area contributed by atoms with Crippen molar-refractivity contribution in [2.45, 2.75) is 26.3 Å². The van der Waals surface area contributed by atoms with E-state index >= 15 is 0 Å². The number of hydrogen-bond donors (Lipinski definition) is 2. The maximum atomic E-state index is 11.9. The van der Waals surface area contributed by atoms with Crippen LogP contribution in [0.2, 0.25) is 5.02 Å². The number of ether oxygens (including phenoxy) is 1. The van der Waals surface area contributed by atoms with E-state index in [1.165, 1.54) is 6.26 Å². The highest BCUT2D eigenvalue weighted by Crippen LogP contribution is 2.28. The van der Waals surface area contributed by atoms with Gasteiger partial charge in [0.1, 0.15) is 5.76 Å². The van der Waals surface area contributed by atoms with Gasteiger partial charge in [0.05, 0.1) is 24.3 Å². The van der Waals surface area contributed by atoms with Crippen LogP contribution in [0, 0.1) is 6.92 Å². The fraction of sp³-hybridized carbons (Fsp3) is 0.278. The van der Waals surface area contributed by atoms with Gasteiger partial charge in [-0.15, -0.1) is 0 Å². The number of halogens is 2. The molecular weight excluding hydrogens is 440 g/mol. The van der Waals surface area contributed by atoms with Crippen molar-refractivity contribution in [2.75, 3.05) is 11.9 Å². The molecule has 2 aromatic rings. The summed E-state index contributed by atoms with van der Waals surface area (Å²) in [7, 11) is 0. The highest BCUT2D eigenvalue weighted by Gasteiger charge is 2.12. The van der Waals surface area contributed by atoms with Gasteiger partial charge < -0.3 is 19.8 Å². The molecule has 0 unspecified atom stereocenters. The van der Waals surface area contributed by atoms with E-state index in [9.17, 15) is 14.4 Å². The van der Waals surface area contributed by atoms with Gasteiger partial charge in [-0.1, -0.05) is 11.6 Å². The average Bonchev–Trinajstić information content (AvgIpc) is 3.14. The summed E-state index contributed by atoms with van der Waals surface area (Å²) in [5.41, 5.74) is 1.33. The zero-order valence-electron chi connectivity index (χ0n) is 14.5. The molecule has 0 bridgehead atoms. The molecule has 0 aliphatic rings. The average molecular weight is 458 g/mol. The van der Waals surface area contributed by atoms with Crippen molar-refractivity contribution < 1.29 is 23.5 Å². The lowest BCUT2D eigenvalue weighted by Gasteiger charge is -2.10. The molecule has 9 heteroatoms. The topological polar surface area (TPSA) is 97.6 Å². The van der Waals surface area contributed by atoms with Crippen molar-refractivity contribution in [3.8, 4) is 0 Å². The molecule has 0 aliphatic heterocycles. The molecule has 0 aliphatic carbocycles. The summed E-state index contributed by atoms with van der Waals surface area (Å²) in [5, 5.41) is 5.69. The van der Waals surface area contributed by atoms with Crippen LogP contribution in [0.5, 0.6) is 0 Å². The second kappa shape index (κ2) is 10.1. The second-order valence-corrected chi connectivity index (χ2v) is 6.91. The predicted octanol–water partition coefficient (Wildman–Crippen LogP) is 3.58. The molecule has 7 nitrogen and oxygen atoms in total. The van der Waals surface area contributed by atoms with E-state index in [0.717, 1.165) is 10.0 Å². The molecule has 27 heavy (non-hydrogen) atoms. The summed E-state index contributed by atoms with van der Waals surface area (Å²) < 4.78 is 10.7. The van der Waals surface area contributed by atoms with E-state index in [2.05, 4.69) is 26.6 Å². The number of aryl methyl sites for hydroxylation is 1. The molecule has 0 saturated heterocycles. The Kier molecular flexibility index (Phi) is 7.87. The number of furan rings is 1. The lowest BCUT2D eigenvalue weighted by Crippen LogP contribution is -2.25. The minimum Gasteiger partial charge on any atom is -0.467 e. The number of amides is 2. The third kappa shape index (κ3) is 7.07. The first-order valence-corrected chi connectivity index (χ1v) is 9.22. The maximum absolute atomic E-state index is 11.9. The lowest BCUT2D eigenvalue weighted by molar-refractivity contribution is -0.148. The van der Waals surface area contributed by atoms with Gasteiger partial charge in [0.25, 0.3) is 5.91 Å². The molecule has 0 atom stereocenters. The summed E-state index contributed by atoms with van der Waals surface area (Å²) >= 11 is 9.29. The predicted molar refractivity (Wildman–Crippen MR) is 103 cm³/mol. The Hall–Kier alpha value is -2.32. The minimum atomic E-state index is -0.635. The van der Waals surface area contributed by atoms with Crippen molar-refractivity contribution in [1.29, 1.82) is 0 Å². The smallest absolute Gasteiger partial charge is 0.306 e. The SMILES string of the molecule is Cc1cc(Br)c(Cl)cc1NC(=O)COC(=O)CCC(=O)NCc1ccco1. The van der Waals surface area contributed by atoms with Crippen LogP contribution in [0.15, 0.2) is 39.4 Å². The van der Waals surface area contributed by atoms with Crippen LogP contribution < -0.4 is 10.6 Å². The number of nitrogens with one attached hydrogen (secondary N) is 2.